The van der Waals surface area contributed by atoms with E-state index >= 15 is 0 Å². The predicted molar refractivity (Wildman–Crippen MR) is 101 cm³/mol. The topological polar surface area (TPSA) is 49.9 Å². The molecular weight excluding hydrogens is 328 g/mol. The Morgan fingerprint density at radius 2 is 1.62 bits per heavy atom. The van der Waals surface area contributed by atoms with Crippen LogP contribution in [0.25, 0.3) is 0 Å². The van der Waals surface area contributed by atoms with Crippen molar-refractivity contribution in [3.63, 3.8) is 0 Å². The molecule has 2 aromatic rings. The van der Waals surface area contributed by atoms with Crippen molar-refractivity contribution in [1.82, 2.24) is 9.80 Å². The highest BCUT2D eigenvalue weighted by atomic mass is 16.5. The molecule has 1 saturated heterocycles. The molecule has 0 N–H and O–H groups in total. The number of nitrogens with zero attached hydrogens (tertiary/aromatic N) is 2. The summed E-state index contributed by atoms with van der Waals surface area (Å²) in [7, 11) is 1.60. The number of carbonyl (C=O) groups excluding carboxylic acids is 2. The first-order valence-corrected chi connectivity index (χ1v) is 8.91. The lowest BCUT2D eigenvalue weighted by atomic mass is 10.1. The van der Waals surface area contributed by atoms with Gasteiger partial charge in [-0.1, -0.05) is 36.4 Å². The molecule has 0 radical (unpaired) electrons. The third kappa shape index (κ3) is 4.49. The second-order valence-electron chi connectivity index (χ2n) is 6.40. The van der Waals surface area contributed by atoms with Crippen molar-refractivity contribution < 1.29 is 14.3 Å². The summed E-state index contributed by atoms with van der Waals surface area (Å²) in [6.45, 7) is 3.66. The fourth-order valence-electron chi connectivity index (χ4n) is 3.14. The van der Waals surface area contributed by atoms with Crippen LogP contribution in [0.3, 0.4) is 0 Å². The molecule has 0 spiro atoms. The van der Waals surface area contributed by atoms with Crippen molar-refractivity contribution in [2.75, 3.05) is 39.8 Å². The van der Waals surface area contributed by atoms with E-state index < -0.39 is 0 Å². The molecule has 1 aliphatic heterocycles. The van der Waals surface area contributed by atoms with E-state index in [1.54, 1.807) is 13.2 Å². The Hall–Kier alpha value is -2.66. The van der Waals surface area contributed by atoms with Crippen molar-refractivity contribution in [3.05, 3.63) is 65.7 Å². The first kappa shape index (κ1) is 18.1. The average molecular weight is 352 g/mol. The van der Waals surface area contributed by atoms with Crippen LogP contribution in [0.15, 0.2) is 54.6 Å². The average Bonchev–Trinajstić information content (AvgIpc) is 2.72. The molecule has 0 bridgehead atoms. The number of ether oxygens (including phenoxy) is 1. The van der Waals surface area contributed by atoms with Crippen LogP contribution in [-0.2, 0) is 0 Å². The Labute approximate surface area is 154 Å². The van der Waals surface area contributed by atoms with Crippen LogP contribution in [-0.4, -0.2) is 61.3 Å². The standard InChI is InChI=1S/C21H24N2O3/c1-26-19-9-5-8-18(16-19)21(25)23-14-12-22(13-15-23)11-10-20(24)17-6-3-2-4-7-17/h2-9,16H,10-15H2,1H3. The molecule has 2 aromatic carbocycles. The molecule has 1 fully saturated rings. The highest BCUT2D eigenvalue weighted by Gasteiger charge is 2.22. The quantitative estimate of drug-likeness (QED) is 0.750. The molecule has 0 unspecified atom stereocenters. The number of benzene rings is 2. The summed E-state index contributed by atoms with van der Waals surface area (Å²) >= 11 is 0. The third-order valence-electron chi connectivity index (χ3n) is 4.73. The van der Waals surface area contributed by atoms with Gasteiger partial charge in [-0.3, -0.25) is 14.5 Å². The molecule has 0 aliphatic carbocycles. The van der Waals surface area contributed by atoms with E-state index in [9.17, 15) is 9.59 Å². The second kappa shape index (κ2) is 8.63. The normalized spacial score (nSPS) is 14.9. The summed E-state index contributed by atoms with van der Waals surface area (Å²) in [4.78, 5) is 28.9. The van der Waals surface area contributed by atoms with Gasteiger partial charge in [-0.2, -0.15) is 0 Å². The SMILES string of the molecule is COc1cccc(C(=O)N2CCN(CCC(=O)c3ccccc3)CC2)c1. The number of rotatable bonds is 6. The van der Waals surface area contributed by atoms with E-state index in [2.05, 4.69) is 4.90 Å². The minimum absolute atomic E-state index is 0.0314. The monoisotopic (exact) mass is 352 g/mol. The Morgan fingerprint density at radius 3 is 2.31 bits per heavy atom. The molecule has 0 saturated carbocycles. The van der Waals surface area contributed by atoms with Crippen LogP contribution in [0.1, 0.15) is 27.1 Å². The first-order chi connectivity index (χ1) is 12.7. The Kier molecular flexibility index (Phi) is 6.02. The molecular formula is C21H24N2O3. The summed E-state index contributed by atoms with van der Waals surface area (Å²) < 4.78 is 5.19. The van der Waals surface area contributed by atoms with Crippen LogP contribution >= 0.6 is 0 Å². The number of Topliss-reactive ketones (excluding diaryl/α,β-unsaturated/α-hetero) is 1. The van der Waals surface area contributed by atoms with Crippen molar-refractivity contribution in [2.24, 2.45) is 0 Å². The summed E-state index contributed by atoms with van der Waals surface area (Å²) in [5.41, 5.74) is 1.41. The van der Waals surface area contributed by atoms with E-state index in [4.69, 9.17) is 4.74 Å². The van der Waals surface area contributed by atoms with Gasteiger partial charge in [0, 0.05) is 50.3 Å². The molecule has 136 valence electrons. The van der Waals surface area contributed by atoms with Gasteiger partial charge in [0.2, 0.25) is 0 Å². The van der Waals surface area contributed by atoms with Gasteiger partial charge < -0.3 is 9.64 Å². The third-order valence-corrected chi connectivity index (χ3v) is 4.73. The van der Waals surface area contributed by atoms with Crippen molar-refractivity contribution in [2.45, 2.75) is 6.42 Å². The Morgan fingerprint density at radius 1 is 0.923 bits per heavy atom. The van der Waals surface area contributed by atoms with Crippen molar-refractivity contribution in [3.8, 4) is 5.75 Å². The van der Waals surface area contributed by atoms with Gasteiger partial charge in [-0.15, -0.1) is 0 Å². The molecule has 1 amide bonds. The maximum absolute atomic E-state index is 12.6. The largest absolute Gasteiger partial charge is 0.497 e. The van der Waals surface area contributed by atoms with Crippen LogP contribution < -0.4 is 4.74 Å². The van der Waals surface area contributed by atoms with Crippen LogP contribution in [0.2, 0.25) is 0 Å². The molecule has 26 heavy (non-hydrogen) atoms. The second-order valence-corrected chi connectivity index (χ2v) is 6.40. The number of hydrogen-bond acceptors (Lipinski definition) is 4. The van der Waals surface area contributed by atoms with E-state index in [-0.39, 0.29) is 11.7 Å². The van der Waals surface area contributed by atoms with Crippen LogP contribution in [0.5, 0.6) is 5.75 Å². The van der Waals surface area contributed by atoms with Gasteiger partial charge in [0.1, 0.15) is 5.75 Å². The van der Waals surface area contributed by atoms with Gasteiger partial charge >= 0.3 is 0 Å². The molecule has 1 aliphatic rings. The number of methoxy groups -OCH3 is 1. The Bertz CT molecular complexity index is 753. The summed E-state index contributed by atoms with van der Waals surface area (Å²) in [5, 5.41) is 0. The first-order valence-electron chi connectivity index (χ1n) is 8.91. The van der Waals surface area contributed by atoms with E-state index in [0.29, 0.717) is 30.8 Å². The minimum atomic E-state index is 0.0314. The molecule has 5 nitrogen and oxygen atoms in total. The summed E-state index contributed by atoms with van der Waals surface area (Å²) in [6.07, 6.45) is 0.508. The van der Waals surface area contributed by atoms with Crippen LogP contribution in [0.4, 0.5) is 0 Å². The molecule has 5 heteroatoms. The zero-order chi connectivity index (χ0) is 18.4. The highest BCUT2D eigenvalue weighted by Crippen LogP contribution is 2.16. The summed E-state index contributed by atoms with van der Waals surface area (Å²) in [5.74, 6) is 0.887. The Balaban J connectivity index is 1.48. The number of ketones is 1. The van der Waals surface area contributed by atoms with Gasteiger partial charge in [0.25, 0.3) is 5.91 Å². The molecule has 0 atom stereocenters. The molecule has 1 heterocycles. The van der Waals surface area contributed by atoms with Gasteiger partial charge in [0.05, 0.1) is 7.11 Å². The van der Waals surface area contributed by atoms with Gasteiger partial charge in [-0.05, 0) is 18.2 Å². The summed E-state index contributed by atoms with van der Waals surface area (Å²) in [6, 6.07) is 16.6. The smallest absolute Gasteiger partial charge is 0.254 e. The number of piperazine rings is 1. The number of amides is 1. The lowest BCUT2D eigenvalue weighted by Gasteiger charge is -2.34. The minimum Gasteiger partial charge on any atom is -0.497 e. The van der Waals surface area contributed by atoms with E-state index in [0.717, 1.165) is 25.2 Å². The van der Waals surface area contributed by atoms with E-state index in [1.165, 1.54) is 0 Å². The van der Waals surface area contributed by atoms with Crippen LogP contribution in [0, 0.1) is 0 Å². The van der Waals surface area contributed by atoms with Gasteiger partial charge in [0.15, 0.2) is 5.78 Å². The van der Waals surface area contributed by atoms with Gasteiger partial charge in [-0.25, -0.2) is 0 Å². The lowest BCUT2D eigenvalue weighted by molar-refractivity contribution is 0.0628. The molecule has 3 rings (SSSR count). The fourth-order valence-corrected chi connectivity index (χ4v) is 3.14. The zero-order valence-electron chi connectivity index (χ0n) is 15.1. The maximum Gasteiger partial charge on any atom is 0.254 e. The maximum atomic E-state index is 12.6. The van der Waals surface area contributed by atoms with Crippen molar-refractivity contribution in [1.29, 1.82) is 0 Å². The predicted octanol–water partition coefficient (Wildman–Crippen LogP) is 2.73. The number of carbonyl (C=O) groups is 2. The fraction of sp³-hybridized carbons (Fsp3) is 0.333. The highest BCUT2D eigenvalue weighted by molar-refractivity contribution is 5.96. The zero-order valence-corrected chi connectivity index (χ0v) is 15.1. The van der Waals surface area contributed by atoms with E-state index in [1.807, 2.05) is 53.4 Å². The molecule has 0 aromatic heterocycles. The number of hydrogen-bond donors (Lipinski definition) is 0. The lowest BCUT2D eigenvalue weighted by Crippen LogP contribution is -2.49. The van der Waals surface area contributed by atoms with Crippen molar-refractivity contribution >= 4 is 11.7 Å².